The van der Waals surface area contributed by atoms with E-state index in [1.54, 1.807) is 29.2 Å². The van der Waals surface area contributed by atoms with Crippen molar-refractivity contribution < 1.29 is 9.21 Å². The zero-order chi connectivity index (χ0) is 21.0. The molecule has 150 valence electrons. The molecule has 1 amide bonds. The van der Waals surface area contributed by atoms with Crippen LogP contribution in [0.25, 0.3) is 11.0 Å². The van der Waals surface area contributed by atoms with Crippen LogP contribution in [0.5, 0.6) is 0 Å². The van der Waals surface area contributed by atoms with E-state index in [4.69, 9.17) is 4.42 Å². The van der Waals surface area contributed by atoms with Crippen molar-refractivity contribution >= 4 is 55.9 Å². The highest BCUT2D eigenvalue weighted by Crippen LogP contribution is 2.42. The molecule has 4 aromatic rings. The standard InChI is InChI=1S/C22H16IN3O3S/c1-11(2)20-24-25-22(30-20)26-17(12-7-9-13(23)10-8-12)16-18(27)14-5-3-4-6-15(14)29-19(16)21(26)28/h3-11,17H,1-2H3. The lowest BCUT2D eigenvalue weighted by molar-refractivity contribution is 0.0970. The summed E-state index contributed by atoms with van der Waals surface area (Å²) in [5.74, 6) is -0.109. The fraction of sp³-hybridized carbons (Fsp3) is 0.182. The summed E-state index contributed by atoms with van der Waals surface area (Å²) >= 11 is 3.59. The minimum absolute atomic E-state index is 0.0727. The second-order valence-corrected chi connectivity index (χ2v) is 9.61. The normalized spacial score (nSPS) is 15.9. The molecule has 5 rings (SSSR count). The molecule has 0 saturated carbocycles. The Labute approximate surface area is 189 Å². The average molecular weight is 529 g/mol. The quantitative estimate of drug-likeness (QED) is 0.345. The lowest BCUT2D eigenvalue weighted by atomic mass is 9.99. The number of rotatable bonds is 3. The lowest BCUT2D eigenvalue weighted by Crippen LogP contribution is -2.29. The topological polar surface area (TPSA) is 76.3 Å². The van der Waals surface area contributed by atoms with E-state index in [-0.39, 0.29) is 23.0 Å². The summed E-state index contributed by atoms with van der Waals surface area (Å²) in [7, 11) is 0. The van der Waals surface area contributed by atoms with Crippen LogP contribution in [-0.4, -0.2) is 16.1 Å². The second kappa shape index (κ2) is 7.28. The molecule has 3 heterocycles. The summed E-state index contributed by atoms with van der Waals surface area (Å²) in [5.41, 5.74) is 1.38. The third-order valence-corrected chi connectivity index (χ3v) is 7.04. The monoisotopic (exact) mass is 529 g/mol. The van der Waals surface area contributed by atoms with Crippen LogP contribution in [0.1, 0.15) is 52.5 Å². The molecule has 30 heavy (non-hydrogen) atoms. The van der Waals surface area contributed by atoms with Gasteiger partial charge in [-0.3, -0.25) is 14.5 Å². The number of para-hydroxylation sites is 1. The van der Waals surface area contributed by atoms with Crippen molar-refractivity contribution in [1.82, 2.24) is 10.2 Å². The number of benzene rings is 2. The molecule has 0 fully saturated rings. The van der Waals surface area contributed by atoms with Crippen molar-refractivity contribution in [3.8, 4) is 0 Å². The van der Waals surface area contributed by atoms with Gasteiger partial charge < -0.3 is 4.42 Å². The Hall–Kier alpha value is -2.59. The van der Waals surface area contributed by atoms with E-state index in [1.165, 1.54) is 11.3 Å². The first-order chi connectivity index (χ1) is 14.5. The van der Waals surface area contributed by atoms with Crippen LogP contribution < -0.4 is 10.3 Å². The third kappa shape index (κ3) is 2.97. The molecule has 6 nitrogen and oxygen atoms in total. The number of amides is 1. The fourth-order valence-electron chi connectivity index (χ4n) is 3.63. The van der Waals surface area contributed by atoms with E-state index in [1.807, 2.05) is 38.1 Å². The number of anilines is 1. The fourth-order valence-corrected chi connectivity index (χ4v) is 4.87. The second-order valence-electron chi connectivity index (χ2n) is 7.38. The van der Waals surface area contributed by atoms with Gasteiger partial charge in [-0.1, -0.05) is 49.4 Å². The largest absolute Gasteiger partial charge is 0.450 e. The van der Waals surface area contributed by atoms with Crippen LogP contribution in [0.4, 0.5) is 5.13 Å². The van der Waals surface area contributed by atoms with Crippen molar-refractivity contribution in [3.05, 3.63) is 84.2 Å². The third-order valence-electron chi connectivity index (χ3n) is 5.09. The molecule has 0 N–H and O–H groups in total. The van der Waals surface area contributed by atoms with Gasteiger partial charge in [0.2, 0.25) is 10.9 Å². The molecule has 0 bridgehead atoms. The van der Waals surface area contributed by atoms with Crippen molar-refractivity contribution in [2.75, 3.05) is 4.90 Å². The summed E-state index contributed by atoms with van der Waals surface area (Å²) in [6.45, 7) is 4.05. The SMILES string of the molecule is CC(C)c1nnc(N2C(=O)c3oc4ccccc4c(=O)c3C2c2ccc(I)cc2)s1. The van der Waals surface area contributed by atoms with E-state index in [9.17, 15) is 9.59 Å². The van der Waals surface area contributed by atoms with Gasteiger partial charge in [0.1, 0.15) is 10.6 Å². The summed E-state index contributed by atoms with van der Waals surface area (Å²) in [5, 5.41) is 10.3. The van der Waals surface area contributed by atoms with Gasteiger partial charge in [0.25, 0.3) is 5.91 Å². The number of carbonyl (C=O) groups is 1. The minimum Gasteiger partial charge on any atom is -0.450 e. The molecule has 0 spiro atoms. The van der Waals surface area contributed by atoms with Gasteiger partial charge >= 0.3 is 0 Å². The van der Waals surface area contributed by atoms with Gasteiger partial charge in [-0.2, -0.15) is 0 Å². The van der Waals surface area contributed by atoms with Crippen LogP contribution in [0.3, 0.4) is 0 Å². The molecular formula is C22H16IN3O3S. The van der Waals surface area contributed by atoms with Gasteiger partial charge in [-0.05, 0) is 52.4 Å². The maximum absolute atomic E-state index is 13.5. The molecule has 1 aliphatic heterocycles. The number of hydrogen-bond donors (Lipinski definition) is 0. The van der Waals surface area contributed by atoms with Gasteiger partial charge in [0, 0.05) is 9.49 Å². The maximum Gasteiger partial charge on any atom is 0.297 e. The van der Waals surface area contributed by atoms with E-state index in [2.05, 4.69) is 32.8 Å². The Balaban J connectivity index is 1.78. The molecule has 2 aromatic heterocycles. The average Bonchev–Trinajstić information content (AvgIpc) is 3.33. The van der Waals surface area contributed by atoms with Crippen molar-refractivity contribution in [1.29, 1.82) is 0 Å². The van der Waals surface area contributed by atoms with Gasteiger partial charge in [-0.25, -0.2) is 0 Å². The zero-order valence-corrected chi connectivity index (χ0v) is 19.1. The Morgan fingerprint density at radius 2 is 1.80 bits per heavy atom. The number of aromatic nitrogens is 2. The predicted octanol–water partition coefficient (Wildman–Crippen LogP) is 5.12. The zero-order valence-electron chi connectivity index (χ0n) is 16.1. The Kier molecular flexibility index (Phi) is 4.70. The van der Waals surface area contributed by atoms with E-state index in [0.717, 1.165) is 14.1 Å². The first-order valence-electron chi connectivity index (χ1n) is 9.44. The van der Waals surface area contributed by atoms with Gasteiger partial charge in [-0.15, -0.1) is 10.2 Å². The summed E-state index contributed by atoms with van der Waals surface area (Å²) in [6.07, 6.45) is 0. The van der Waals surface area contributed by atoms with Crippen LogP contribution in [0.15, 0.2) is 57.7 Å². The number of fused-ring (bicyclic) bond motifs is 2. The van der Waals surface area contributed by atoms with Crippen LogP contribution in [0, 0.1) is 3.57 Å². The van der Waals surface area contributed by atoms with E-state index >= 15 is 0 Å². The summed E-state index contributed by atoms with van der Waals surface area (Å²) in [6, 6.07) is 14.2. The van der Waals surface area contributed by atoms with E-state index < -0.39 is 6.04 Å². The number of halogens is 1. The van der Waals surface area contributed by atoms with Crippen LogP contribution in [-0.2, 0) is 0 Å². The molecule has 1 atom stereocenters. The first kappa shape index (κ1) is 19.4. The van der Waals surface area contributed by atoms with Crippen LogP contribution >= 0.6 is 33.9 Å². The Morgan fingerprint density at radius 3 is 2.50 bits per heavy atom. The first-order valence-corrected chi connectivity index (χ1v) is 11.3. The molecule has 0 aliphatic carbocycles. The summed E-state index contributed by atoms with van der Waals surface area (Å²) in [4.78, 5) is 28.4. The Morgan fingerprint density at radius 1 is 1.07 bits per heavy atom. The Bertz CT molecular complexity index is 1340. The van der Waals surface area contributed by atoms with Crippen molar-refractivity contribution in [2.45, 2.75) is 25.8 Å². The minimum atomic E-state index is -0.613. The molecule has 2 aromatic carbocycles. The number of hydrogen-bond acceptors (Lipinski definition) is 6. The highest BCUT2D eigenvalue weighted by atomic mass is 127. The van der Waals surface area contributed by atoms with Crippen LogP contribution in [0.2, 0.25) is 0 Å². The number of carbonyl (C=O) groups excluding carboxylic acids is 1. The summed E-state index contributed by atoms with van der Waals surface area (Å²) < 4.78 is 7.01. The van der Waals surface area contributed by atoms with Gasteiger partial charge in [0.15, 0.2) is 5.43 Å². The highest BCUT2D eigenvalue weighted by Gasteiger charge is 2.45. The smallest absolute Gasteiger partial charge is 0.297 e. The molecule has 8 heteroatoms. The highest BCUT2D eigenvalue weighted by molar-refractivity contribution is 14.1. The molecule has 1 unspecified atom stereocenters. The molecule has 0 saturated heterocycles. The number of nitrogens with zero attached hydrogens (tertiary/aromatic N) is 3. The molecular weight excluding hydrogens is 513 g/mol. The van der Waals surface area contributed by atoms with E-state index in [0.29, 0.717) is 21.7 Å². The lowest BCUT2D eigenvalue weighted by Gasteiger charge is -2.22. The maximum atomic E-state index is 13.5. The molecule has 0 radical (unpaired) electrons. The van der Waals surface area contributed by atoms with Crippen molar-refractivity contribution in [3.63, 3.8) is 0 Å². The molecule has 1 aliphatic rings. The van der Waals surface area contributed by atoms with Crippen molar-refractivity contribution in [2.24, 2.45) is 0 Å². The van der Waals surface area contributed by atoms with Gasteiger partial charge in [0.05, 0.1) is 17.0 Å². The predicted molar refractivity (Wildman–Crippen MR) is 124 cm³/mol.